The number of ether oxygens (including phenoxy) is 1. The molecule has 0 saturated carbocycles. The first-order valence-corrected chi connectivity index (χ1v) is 6.79. The van der Waals surface area contributed by atoms with Gasteiger partial charge in [0, 0.05) is 23.2 Å². The highest BCUT2D eigenvalue weighted by Crippen LogP contribution is 2.23. The normalized spacial score (nSPS) is 12.2. The van der Waals surface area contributed by atoms with E-state index in [1.54, 1.807) is 25.3 Å². The molecule has 1 N–H and O–H groups in total. The van der Waals surface area contributed by atoms with Gasteiger partial charge in [-0.15, -0.1) is 0 Å². The Morgan fingerprint density at radius 2 is 1.90 bits per heavy atom. The number of rotatable bonds is 5. The van der Waals surface area contributed by atoms with Crippen molar-refractivity contribution in [1.82, 2.24) is 5.32 Å². The van der Waals surface area contributed by atoms with Gasteiger partial charge in [0.15, 0.2) is 0 Å². The Bertz CT molecular complexity index is 571. The maximum atomic E-state index is 12.9. The highest BCUT2D eigenvalue weighted by atomic mass is 35.5. The second-order valence-electron chi connectivity index (χ2n) is 4.61. The molecule has 0 amide bonds. The first kappa shape index (κ1) is 14.8. The van der Waals surface area contributed by atoms with Crippen molar-refractivity contribution < 1.29 is 9.13 Å². The lowest BCUT2D eigenvalue weighted by molar-refractivity contribution is 0.406. The van der Waals surface area contributed by atoms with E-state index in [1.807, 2.05) is 19.1 Å². The second-order valence-corrected chi connectivity index (χ2v) is 5.05. The summed E-state index contributed by atoms with van der Waals surface area (Å²) in [5.41, 5.74) is 2.03. The maximum Gasteiger partial charge on any atom is 0.123 e. The van der Waals surface area contributed by atoms with Crippen molar-refractivity contribution in [1.29, 1.82) is 0 Å². The van der Waals surface area contributed by atoms with Gasteiger partial charge in [0.05, 0.1) is 7.11 Å². The van der Waals surface area contributed by atoms with E-state index in [9.17, 15) is 4.39 Å². The molecule has 106 valence electrons. The van der Waals surface area contributed by atoms with Crippen LogP contribution in [0.1, 0.15) is 24.1 Å². The lowest BCUT2D eigenvalue weighted by atomic mass is 10.1. The number of halogens is 2. The van der Waals surface area contributed by atoms with Crippen LogP contribution < -0.4 is 10.1 Å². The first-order chi connectivity index (χ1) is 9.60. The van der Waals surface area contributed by atoms with Gasteiger partial charge in [-0.2, -0.15) is 0 Å². The van der Waals surface area contributed by atoms with E-state index in [4.69, 9.17) is 16.3 Å². The molecule has 0 heterocycles. The average molecular weight is 294 g/mol. The van der Waals surface area contributed by atoms with Gasteiger partial charge < -0.3 is 10.1 Å². The van der Waals surface area contributed by atoms with Crippen LogP contribution in [0.2, 0.25) is 5.02 Å². The van der Waals surface area contributed by atoms with Crippen molar-refractivity contribution in [3.63, 3.8) is 0 Å². The summed E-state index contributed by atoms with van der Waals surface area (Å²) in [4.78, 5) is 0. The molecule has 0 aliphatic carbocycles. The molecule has 2 rings (SSSR count). The standard InChI is InChI=1S/C16H17ClFNO/c1-11(12-3-6-15(18)7-4-12)19-10-13-9-14(17)5-8-16(13)20-2/h3-9,11,19H,10H2,1-2H3/t11-/m1/s1. The number of hydrogen-bond donors (Lipinski definition) is 1. The highest BCUT2D eigenvalue weighted by molar-refractivity contribution is 6.30. The van der Waals surface area contributed by atoms with E-state index in [0.29, 0.717) is 11.6 Å². The van der Waals surface area contributed by atoms with E-state index in [-0.39, 0.29) is 11.9 Å². The second kappa shape index (κ2) is 6.73. The van der Waals surface area contributed by atoms with Crippen LogP contribution in [0.5, 0.6) is 5.75 Å². The molecule has 0 aliphatic heterocycles. The minimum Gasteiger partial charge on any atom is -0.496 e. The smallest absolute Gasteiger partial charge is 0.123 e. The molecule has 20 heavy (non-hydrogen) atoms. The number of methoxy groups -OCH3 is 1. The van der Waals surface area contributed by atoms with Crippen LogP contribution in [0.4, 0.5) is 4.39 Å². The number of hydrogen-bond acceptors (Lipinski definition) is 2. The van der Waals surface area contributed by atoms with Crippen LogP contribution in [0.15, 0.2) is 42.5 Å². The summed E-state index contributed by atoms with van der Waals surface area (Å²) in [7, 11) is 1.64. The third-order valence-corrected chi connectivity index (χ3v) is 3.45. The van der Waals surface area contributed by atoms with E-state index < -0.39 is 0 Å². The summed E-state index contributed by atoms with van der Waals surface area (Å²) < 4.78 is 18.2. The molecular weight excluding hydrogens is 277 g/mol. The molecule has 0 saturated heterocycles. The predicted octanol–water partition coefficient (Wildman–Crippen LogP) is 4.34. The molecule has 0 radical (unpaired) electrons. The van der Waals surface area contributed by atoms with Gasteiger partial charge in [-0.1, -0.05) is 23.7 Å². The van der Waals surface area contributed by atoms with Gasteiger partial charge in [0.1, 0.15) is 11.6 Å². The van der Waals surface area contributed by atoms with E-state index in [2.05, 4.69) is 5.32 Å². The van der Waals surface area contributed by atoms with Crippen molar-refractivity contribution >= 4 is 11.6 Å². The van der Waals surface area contributed by atoms with E-state index in [0.717, 1.165) is 16.9 Å². The molecule has 0 fully saturated rings. The van der Waals surface area contributed by atoms with Crippen molar-refractivity contribution in [2.75, 3.05) is 7.11 Å². The summed E-state index contributed by atoms with van der Waals surface area (Å²) in [6.45, 7) is 2.66. The Morgan fingerprint density at radius 1 is 1.20 bits per heavy atom. The van der Waals surface area contributed by atoms with Gasteiger partial charge in [-0.25, -0.2) is 4.39 Å². The van der Waals surface area contributed by atoms with Gasteiger partial charge in [0.2, 0.25) is 0 Å². The molecular formula is C16H17ClFNO. The summed E-state index contributed by atoms with van der Waals surface area (Å²) in [5, 5.41) is 4.05. The van der Waals surface area contributed by atoms with Gasteiger partial charge in [-0.3, -0.25) is 0 Å². The topological polar surface area (TPSA) is 21.3 Å². The van der Waals surface area contributed by atoms with Crippen molar-refractivity contribution in [2.45, 2.75) is 19.5 Å². The lowest BCUT2D eigenvalue weighted by Gasteiger charge is -2.16. The minimum absolute atomic E-state index is 0.110. The summed E-state index contributed by atoms with van der Waals surface area (Å²) in [6, 6.07) is 12.1. The maximum absolute atomic E-state index is 12.9. The fraction of sp³-hybridized carbons (Fsp3) is 0.250. The Kier molecular flexibility index (Phi) is 4.99. The van der Waals surface area contributed by atoms with Crippen molar-refractivity contribution in [3.05, 3.63) is 64.4 Å². The van der Waals surface area contributed by atoms with Crippen molar-refractivity contribution in [3.8, 4) is 5.75 Å². The summed E-state index contributed by atoms with van der Waals surface area (Å²) in [6.07, 6.45) is 0. The Balaban J connectivity index is 2.04. The molecule has 0 bridgehead atoms. The van der Waals surface area contributed by atoms with Crippen LogP contribution in [-0.2, 0) is 6.54 Å². The number of nitrogens with one attached hydrogen (secondary N) is 1. The molecule has 2 nitrogen and oxygen atoms in total. The third-order valence-electron chi connectivity index (χ3n) is 3.21. The van der Waals surface area contributed by atoms with Crippen LogP contribution in [0.25, 0.3) is 0 Å². The molecule has 0 unspecified atom stereocenters. The summed E-state index contributed by atoms with van der Waals surface area (Å²) in [5.74, 6) is 0.575. The molecule has 4 heteroatoms. The zero-order valence-corrected chi connectivity index (χ0v) is 12.2. The first-order valence-electron chi connectivity index (χ1n) is 6.41. The van der Waals surface area contributed by atoms with Gasteiger partial charge in [-0.05, 0) is 42.8 Å². The Morgan fingerprint density at radius 3 is 2.55 bits per heavy atom. The lowest BCUT2D eigenvalue weighted by Crippen LogP contribution is -2.18. The fourth-order valence-corrected chi connectivity index (χ4v) is 2.21. The Labute approximate surface area is 123 Å². The molecule has 1 atom stereocenters. The van der Waals surface area contributed by atoms with Crippen LogP contribution >= 0.6 is 11.6 Å². The summed E-state index contributed by atoms with van der Waals surface area (Å²) >= 11 is 6.00. The Hall–Kier alpha value is -1.58. The molecule has 2 aromatic rings. The average Bonchev–Trinajstić information content (AvgIpc) is 2.45. The van der Waals surface area contributed by atoms with Gasteiger partial charge in [0.25, 0.3) is 0 Å². The highest BCUT2D eigenvalue weighted by Gasteiger charge is 2.08. The largest absolute Gasteiger partial charge is 0.496 e. The number of benzene rings is 2. The predicted molar refractivity (Wildman–Crippen MR) is 79.7 cm³/mol. The fourth-order valence-electron chi connectivity index (χ4n) is 2.02. The molecule has 0 aromatic heterocycles. The van der Waals surface area contributed by atoms with E-state index in [1.165, 1.54) is 12.1 Å². The molecule has 0 aliphatic rings. The zero-order chi connectivity index (χ0) is 14.5. The van der Waals surface area contributed by atoms with E-state index >= 15 is 0 Å². The molecule has 2 aromatic carbocycles. The third kappa shape index (κ3) is 3.71. The van der Waals surface area contributed by atoms with Crippen LogP contribution in [-0.4, -0.2) is 7.11 Å². The molecule has 0 spiro atoms. The zero-order valence-electron chi connectivity index (χ0n) is 11.5. The van der Waals surface area contributed by atoms with Crippen LogP contribution in [0, 0.1) is 5.82 Å². The van der Waals surface area contributed by atoms with Gasteiger partial charge >= 0.3 is 0 Å². The SMILES string of the molecule is COc1ccc(Cl)cc1CN[C@H](C)c1ccc(F)cc1. The van der Waals surface area contributed by atoms with Crippen LogP contribution in [0.3, 0.4) is 0 Å². The minimum atomic E-state index is -0.225. The monoisotopic (exact) mass is 293 g/mol. The quantitative estimate of drug-likeness (QED) is 0.885. The van der Waals surface area contributed by atoms with Crippen molar-refractivity contribution in [2.24, 2.45) is 0 Å².